The standard InChI is InChI=1S/C14H14F6N4O3/c1-21-4-8(25)5-24-12(27)23(6-22-24)10-3-7(13(15,16)17)2-9(11(10)26)14(18,19)20/h2-3,6,8,21,25-26H,4-5H2,1H3. The molecule has 0 spiro atoms. The second kappa shape index (κ2) is 7.23. The van der Waals surface area contributed by atoms with Gasteiger partial charge in [0.2, 0.25) is 0 Å². The number of halogens is 6. The van der Waals surface area contributed by atoms with Crippen molar-refractivity contribution in [3.05, 3.63) is 40.1 Å². The van der Waals surface area contributed by atoms with Crippen LogP contribution in [0.3, 0.4) is 0 Å². The second-order valence-corrected chi connectivity index (χ2v) is 5.56. The van der Waals surface area contributed by atoms with Crippen LogP contribution < -0.4 is 11.0 Å². The molecule has 0 aliphatic carbocycles. The number of aromatic hydroxyl groups is 1. The van der Waals surface area contributed by atoms with Gasteiger partial charge in [0.15, 0.2) is 5.75 Å². The Morgan fingerprint density at radius 1 is 1.19 bits per heavy atom. The van der Waals surface area contributed by atoms with Crippen LogP contribution in [0.2, 0.25) is 0 Å². The van der Waals surface area contributed by atoms with Crippen molar-refractivity contribution in [2.75, 3.05) is 13.6 Å². The molecule has 1 aromatic heterocycles. The molecule has 150 valence electrons. The van der Waals surface area contributed by atoms with Crippen molar-refractivity contribution in [2.45, 2.75) is 25.0 Å². The molecule has 27 heavy (non-hydrogen) atoms. The van der Waals surface area contributed by atoms with Gasteiger partial charge in [0.25, 0.3) is 0 Å². The van der Waals surface area contributed by atoms with Crippen molar-refractivity contribution < 1.29 is 36.6 Å². The van der Waals surface area contributed by atoms with E-state index in [0.29, 0.717) is 15.6 Å². The molecule has 0 radical (unpaired) electrons. The molecule has 0 saturated carbocycles. The van der Waals surface area contributed by atoms with Crippen LogP contribution in [0.15, 0.2) is 23.3 Å². The number of benzene rings is 1. The van der Waals surface area contributed by atoms with Gasteiger partial charge in [0, 0.05) is 6.54 Å². The van der Waals surface area contributed by atoms with Crippen LogP contribution in [0.5, 0.6) is 5.75 Å². The van der Waals surface area contributed by atoms with E-state index < -0.39 is 46.7 Å². The van der Waals surface area contributed by atoms with E-state index in [0.717, 1.165) is 0 Å². The highest BCUT2D eigenvalue weighted by Crippen LogP contribution is 2.42. The average Bonchev–Trinajstić information content (AvgIpc) is 2.86. The number of hydrogen-bond acceptors (Lipinski definition) is 5. The number of likely N-dealkylation sites (N-methyl/N-ethyl adjacent to an activating group) is 1. The summed E-state index contributed by atoms with van der Waals surface area (Å²) in [5, 5.41) is 25.6. The molecule has 0 aliphatic heterocycles. The second-order valence-electron chi connectivity index (χ2n) is 5.56. The SMILES string of the molecule is CNCC(O)Cn1ncn(-c2cc(C(F)(F)F)cc(C(F)(F)F)c2O)c1=O. The lowest BCUT2D eigenvalue weighted by Crippen LogP contribution is -2.33. The first-order valence-electron chi connectivity index (χ1n) is 7.35. The molecule has 3 N–H and O–H groups in total. The first-order chi connectivity index (χ1) is 12.4. The van der Waals surface area contributed by atoms with E-state index in [4.69, 9.17) is 0 Å². The molecule has 0 amide bonds. The number of hydrogen-bond donors (Lipinski definition) is 3. The fraction of sp³-hybridized carbons (Fsp3) is 0.429. The maximum Gasteiger partial charge on any atom is 0.420 e. The highest BCUT2D eigenvalue weighted by molar-refractivity contribution is 5.55. The van der Waals surface area contributed by atoms with Gasteiger partial charge in [0.05, 0.1) is 23.9 Å². The summed E-state index contributed by atoms with van der Waals surface area (Å²) in [5.74, 6) is -1.55. The van der Waals surface area contributed by atoms with Crippen molar-refractivity contribution in [1.82, 2.24) is 19.7 Å². The molecule has 0 saturated heterocycles. The summed E-state index contributed by atoms with van der Waals surface area (Å²) >= 11 is 0. The van der Waals surface area contributed by atoms with E-state index in [9.17, 15) is 41.4 Å². The van der Waals surface area contributed by atoms with Crippen molar-refractivity contribution in [3.8, 4) is 11.4 Å². The smallest absolute Gasteiger partial charge is 0.420 e. The summed E-state index contributed by atoms with van der Waals surface area (Å²) in [6.07, 6.45) is -10.9. The molecular formula is C14H14F6N4O3. The van der Waals surface area contributed by atoms with E-state index in [1.54, 1.807) is 0 Å². The number of alkyl halides is 6. The Bertz CT molecular complexity index is 871. The molecule has 13 heteroatoms. The molecule has 1 heterocycles. The largest absolute Gasteiger partial charge is 0.505 e. The van der Waals surface area contributed by atoms with Crippen LogP contribution >= 0.6 is 0 Å². The predicted molar refractivity (Wildman–Crippen MR) is 79.4 cm³/mol. The molecule has 0 bridgehead atoms. The lowest BCUT2D eigenvalue weighted by atomic mass is 10.1. The third-order valence-electron chi connectivity index (χ3n) is 3.54. The molecule has 1 aromatic carbocycles. The summed E-state index contributed by atoms with van der Waals surface area (Å²) in [4.78, 5) is 12.2. The maximum atomic E-state index is 13.0. The van der Waals surface area contributed by atoms with E-state index in [-0.39, 0.29) is 25.2 Å². The van der Waals surface area contributed by atoms with Crippen molar-refractivity contribution in [2.24, 2.45) is 0 Å². The van der Waals surface area contributed by atoms with Crippen molar-refractivity contribution >= 4 is 0 Å². The Morgan fingerprint density at radius 2 is 1.81 bits per heavy atom. The molecule has 1 unspecified atom stereocenters. The van der Waals surface area contributed by atoms with Crippen molar-refractivity contribution in [3.63, 3.8) is 0 Å². The third-order valence-corrected chi connectivity index (χ3v) is 3.54. The summed E-state index contributed by atoms with van der Waals surface area (Å²) < 4.78 is 78.8. The van der Waals surface area contributed by atoms with Crippen LogP contribution in [-0.2, 0) is 18.9 Å². The van der Waals surface area contributed by atoms with Gasteiger partial charge in [-0.1, -0.05) is 0 Å². The fourth-order valence-electron chi connectivity index (χ4n) is 2.31. The Kier molecular flexibility index (Phi) is 5.56. The van der Waals surface area contributed by atoms with Gasteiger partial charge < -0.3 is 15.5 Å². The van der Waals surface area contributed by atoms with Crippen LogP contribution in [0, 0.1) is 0 Å². The van der Waals surface area contributed by atoms with Gasteiger partial charge in [-0.3, -0.25) is 0 Å². The monoisotopic (exact) mass is 400 g/mol. The highest BCUT2D eigenvalue weighted by atomic mass is 19.4. The lowest BCUT2D eigenvalue weighted by Gasteiger charge is -2.16. The van der Waals surface area contributed by atoms with E-state index in [1.165, 1.54) is 7.05 Å². The van der Waals surface area contributed by atoms with Crippen LogP contribution in [-0.4, -0.2) is 44.3 Å². The van der Waals surface area contributed by atoms with Crippen molar-refractivity contribution in [1.29, 1.82) is 0 Å². The lowest BCUT2D eigenvalue weighted by molar-refractivity contribution is -0.143. The topological polar surface area (TPSA) is 92.3 Å². The van der Waals surface area contributed by atoms with Gasteiger partial charge in [0.1, 0.15) is 11.9 Å². The minimum absolute atomic E-state index is 0.0618. The first kappa shape index (κ1) is 20.8. The Hall–Kier alpha value is -2.54. The van der Waals surface area contributed by atoms with Gasteiger partial charge in [-0.2, -0.15) is 31.4 Å². The Balaban J connectivity index is 2.62. The van der Waals surface area contributed by atoms with Gasteiger partial charge in [-0.25, -0.2) is 14.0 Å². The van der Waals surface area contributed by atoms with E-state index in [2.05, 4.69) is 10.4 Å². The molecule has 2 rings (SSSR count). The molecule has 0 fully saturated rings. The summed E-state index contributed by atoms with van der Waals surface area (Å²) in [6, 6.07) is -0.0347. The predicted octanol–water partition coefficient (Wildman–Crippen LogP) is 1.36. The van der Waals surface area contributed by atoms with Crippen LogP contribution in [0.25, 0.3) is 5.69 Å². The zero-order chi connectivity index (χ0) is 20.6. The Morgan fingerprint density at radius 3 is 2.33 bits per heavy atom. The molecule has 2 aromatic rings. The van der Waals surface area contributed by atoms with E-state index >= 15 is 0 Å². The highest BCUT2D eigenvalue weighted by Gasteiger charge is 2.40. The number of phenolic OH excluding ortho intramolecular Hbond substituents is 1. The maximum absolute atomic E-state index is 13.0. The number of phenols is 1. The summed E-state index contributed by atoms with van der Waals surface area (Å²) in [5.41, 5.74) is -5.80. The number of aliphatic hydroxyl groups excluding tert-OH is 1. The molecule has 1 atom stereocenters. The summed E-state index contributed by atoms with van der Waals surface area (Å²) in [7, 11) is 1.52. The number of nitrogens with zero attached hydrogens (tertiary/aromatic N) is 3. The number of aliphatic hydroxyl groups is 1. The minimum atomic E-state index is -5.29. The van der Waals surface area contributed by atoms with Crippen LogP contribution in [0.1, 0.15) is 11.1 Å². The summed E-state index contributed by atoms with van der Waals surface area (Å²) in [6.45, 7) is -0.301. The fourth-order valence-corrected chi connectivity index (χ4v) is 2.31. The van der Waals surface area contributed by atoms with Gasteiger partial charge in [-0.15, -0.1) is 0 Å². The van der Waals surface area contributed by atoms with Gasteiger partial charge in [-0.05, 0) is 19.2 Å². The third kappa shape index (κ3) is 4.42. The number of rotatable bonds is 5. The molecular weight excluding hydrogens is 386 g/mol. The average molecular weight is 400 g/mol. The zero-order valence-corrected chi connectivity index (χ0v) is 13.6. The normalized spacial score (nSPS) is 13.8. The minimum Gasteiger partial charge on any atom is -0.505 e. The quantitative estimate of drug-likeness (QED) is 0.660. The van der Waals surface area contributed by atoms with Gasteiger partial charge >= 0.3 is 18.0 Å². The van der Waals surface area contributed by atoms with E-state index in [1.807, 2.05) is 0 Å². The zero-order valence-electron chi connectivity index (χ0n) is 13.6. The number of aromatic nitrogens is 3. The number of nitrogens with one attached hydrogen (secondary N) is 1. The molecule has 0 aliphatic rings. The molecule has 7 nitrogen and oxygen atoms in total. The first-order valence-corrected chi connectivity index (χ1v) is 7.35. The Labute approximate surface area is 147 Å². The van der Waals surface area contributed by atoms with Crippen LogP contribution in [0.4, 0.5) is 26.3 Å².